The van der Waals surface area contributed by atoms with Crippen molar-refractivity contribution in [1.82, 2.24) is 40.8 Å². The van der Waals surface area contributed by atoms with E-state index in [0.717, 1.165) is 104 Å². The van der Waals surface area contributed by atoms with Crippen molar-refractivity contribution in [3.05, 3.63) is 383 Å². The maximum absolute atomic E-state index is 14.1. The van der Waals surface area contributed by atoms with Gasteiger partial charge in [-0.25, -0.2) is 0 Å². The third kappa shape index (κ3) is 21.7. The number of nitrogens with zero attached hydrogens (tertiary/aromatic N) is 8. The quantitative estimate of drug-likeness (QED) is 0.0842. The van der Waals surface area contributed by atoms with Gasteiger partial charge in [0.1, 0.15) is 11.4 Å². The Bertz CT molecular complexity index is 8040. The summed E-state index contributed by atoms with van der Waals surface area (Å²) in [6, 6.07) is 92.3. The summed E-state index contributed by atoms with van der Waals surface area (Å²) in [5.74, 6) is 0. The molecule has 0 aliphatic heterocycles. The molecule has 716 valence electrons. The van der Waals surface area contributed by atoms with Gasteiger partial charge in [0.05, 0.1) is 56.0 Å². The third-order valence-corrected chi connectivity index (χ3v) is 22.9. The van der Waals surface area contributed by atoms with Gasteiger partial charge in [0.25, 0.3) is 0 Å². The molecule has 16 aromatic carbocycles. The van der Waals surface area contributed by atoms with Gasteiger partial charge in [-0.1, -0.05) is 152 Å². The second-order valence-electron chi connectivity index (χ2n) is 31.9. The molecule has 0 aliphatic rings. The number of benzene rings is 16. The Morgan fingerprint density at radius 3 is 0.843 bits per heavy atom. The van der Waals surface area contributed by atoms with Crippen LogP contribution in [0.5, 0.6) is 0 Å². The molecule has 0 atom stereocenters. The van der Waals surface area contributed by atoms with Gasteiger partial charge in [-0.05, 0) is 188 Å². The molecule has 0 N–H and O–H groups in total. The van der Waals surface area contributed by atoms with E-state index >= 15 is 0 Å². The molecule has 0 saturated heterocycles. The largest absolute Gasteiger partial charge is 0.417 e. The predicted octanol–water partition coefficient (Wildman–Crippen LogP) is 32.2. The van der Waals surface area contributed by atoms with Crippen molar-refractivity contribution in [2.24, 2.45) is 0 Å². The van der Waals surface area contributed by atoms with E-state index in [1.807, 2.05) is 115 Å². The van der Waals surface area contributed by atoms with E-state index in [-0.39, 0.29) is 126 Å². The van der Waals surface area contributed by atoms with Crippen LogP contribution in [0.2, 0.25) is 0 Å². The van der Waals surface area contributed by atoms with Crippen LogP contribution in [0.25, 0.3) is 176 Å². The fraction of sp³-hybridized carbons (Fsp3) is 0.103. The Kier molecular flexibility index (Phi) is 30.6. The van der Waals surface area contributed by atoms with Gasteiger partial charge in [0, 0.05) is 152 Å². The molecule has 8 nitrogen and oxygen atoms in total. The van der Waals surface area contributed by atoms with Crippen LogP contribution in [0.1, 0.15) is 61.2 Å². The Hall–Kier alpha value is -13.0. The standard InChI is InChI=1S/3C27H15F6N2.C26H17F3N2.4Ir/c1-15-11-21(23(27(31,32)33)14-22(15)26(28,29)30)25-20-13-18-10-6-5-9-17(18)12-19(20)24(34-35-25)16-7-3-2-4-8-16;1-15-11-19(14-22(26(28,29)30)23(15)27(31,32)33)25-21-13-18-10-6-5-9-17(18)12-20(21)24(34-35-25)16-7-3-2-4-8-16;1-15-11-21(23(27(31,32)33)22(12-15)26(28,29)30)25-20-14-18-10-6-5-9-17(18)13-19(20)24(34-35-25)16-7-3-2-4-8-16;1-16-13-20(26(27,28)29)11-12-21(16)25-23-15-19-10-6-5-9-18(19)14-22(23)24(30-31-25)17-7-3-2-4-8-17;;;;/h3*2-7,9-14H,1H3;2-15H,1H3;;;;/q3*-1;;;;;. The monoisotopic (exact) mass is 2630 g/mol. The van der Waals surface area contributed by atoms with Crippen LogP contribution in [-0.4, -0.2) is 40.8 Å². The third-order valence-electron chi connectivity index (χ3n) is 22.9. The van der Waals surface area contributed by atoms with Gasteiger partial charge < -0.3 is 0 Å². The molecule has 0 saturated carbocycles. The molecule has 4 heterocycles. The van der Waals surface area contributed by atoms with Crippen LogP contribution in [-0.2, 0) is 124 Å². The topological polar surface area (TPSA) is 103 Å². The normalized spacial score (nSPS) is 11.9. The molecule has 20 rings (SSSR count). The van der Waals surface area contributed by atoms with Gasteiger partial charge in [0.2, 0.25) is 0 Å². The second kappa shape index (κ2) is 41.1. The summed E-state index contributed by atoms with van der Waals surface area (Å²) in [5.41, 5.74) is -6.42. The molecule has 20 aromatic rings. The summed E-state index contributed by atoms with van der Waals surface area (Å²) in [6.45, 7) is 5.13. The van der Waals surface area contributed by atoms with E-state index in [1.54, 1.807) is 134 Å². The van der Waals surface area contributed by atoms with Crippen LogP contribution < -0.4 is 0 Å². The van der Waals surface area contributed by atoms with Crippen LogP contribution >= 0.6 is 0 Å². The number of rotatable bonds is 8. The van der Waals surface area contributed by atoms with Gasteiger partial charge in [-0.15, -0.1) is 118 Å². The smallest absolute Gasteiger partial charge is 0.200 e. The first-order chi connectivity index (χ1) is 64.5. The zero-order valence-corrected chi connectivity index (χ0v) is 81.8. The summed E-state index contributed by atoms with van der Waals surface area (Å²) in [7, 11) is 0. The Labute approximate surface area is 837 Å². The molecule has 0 amide bonds. The van der Waals surface area contributed by atoms with Gasteiger partial charge in [0.15, 0.2) is 0 Å². The summed E-state index contributed by atoms with van der Waals surface area (Å²) in [5, 5.41) is 45.3. The summed E-state index contributed by atoms with van der Waals surface area (Å²) >= 11 is 0. The number of aromatic nitrogens is 8. The predicted molar refractivity (Wildman–Crippen MR) is 482 cm³/mol. The molecule has 33 heteroatoms. The zero-order chi connectivity index (χ0) is 96.5. The molecule has 0 unspecified atom stereocenters. The van der Waals surface area contributed by atoms with E-state index in [2.05, 4.69) is 65.1 Å². The number of alkyl halides is 21. The number of aryl methyl sites for hydroxylation is 4. The van der Waals surface area contributed by atoms with Crippen molar-refractivity contribution < 1.29 is 173 Å². The van der Waals surface area contributed by atoms with Gasteiger partial charge in [-0.3, -0.25) is 0 Å². The molecule has 4 aromatic heterocycles. The molecular weight excluding hydrogens is 2570 g/mol. The molecule has 0 bridgehead atoms. The SMILES string of the molecule is Cc1cc(-c2nnc(-c3[c-]cccc3)c3cc4ccccc4cc23)c(C(F)(F)F)c(C(F)(F)F)c1.Cc1cc(-c2nnc(-c3[c-]cccc3)c3cc4ccccc4cc23)c(C(F)(F)F)cc1C(F)(F)F.Cc1cc(-c2nnc(-c3[c-]cccc3)c3cc4ccccc4cc23)cc(C(F)(F)F)c1C(F)(F)F.Cc1cc(C(F)(F)F)ccc1-c1nnc(-c2ccccc2)c2cc3ccccc3cc12.[Ir].[Ir].[Ir].[Ir]. The molecule has 0 aliphatic carbocycles. The fourth-order valence-corrected chi connectivity index (χ4v) is 16.8. The van der Waals surface area contributed by atoms with E-state index in [4.69, 9.17) is 0 Å². The first-order valence-electron chi connectivity index (χ1n) is 41.3. The maximum atomic E-state index is 14.1. The van der Waals surface area contributed by atoms with Crippen molar-refractivity contribution >= 4 is 86.2 Å². The number of hydrogen-bond acceptors (Lipinski definition) is 8. The summed E-state index contributed by atoms with van der Waals surface area (Å²) in [6.07, 6.45) is -35.2. The average Bonchev–Trinajstić information content (AvgIpc) is 0.742. The summed E-state index contributed by atoms with van der Waals surface area (Å²) < 4.78 is 287. The van der Waals surface area contributed by atoms with Crippen molar-refractivity contribution in [3.8, 4) is 90.1 Å². The van der Waals surface area contributed by atoms with Crippen molar-refractivity contribution in [3.63, 3.8) is 0 Å². The van der Waals surface area contributed by atoms with Crippen LogP contribution in [0.4, 0.5) is 92.2 Å². The maximum Gasteiger partial charge on any atom is 0.417 e. The molecule has 0 spiro atoms. The van der Waals surface area contributed by atoms with Crippen molar-refractivity contribution in [2.75, 3.05) is 0 Å². The minimum Gasteiger partial charge on any atom is -0.200 e. The molecular formula is C107H62F21Ir4N8-3. The summed E-state index contributed by atoms with van der Waals surface area (Å²) in [4.78, 5) is 0. The Balaban J connectivity index is 0.000000156. The minimum absolute atomic E-state index is 0. The first-order valence-corrected chi connectivity index (χ1v) is 41.3. The number of fused-ring (bicyclic) bond motifs is 8. The minimum atomic E-state index is -5.27. The fourth-order valence-electron chi connectivity index (χ4n) is 16.8. The molecule has 4 radical (unpaired) electrons. The Morgan fingerprint density at radius 1 is 0.200 bits per heavy atom. The van der Waals surface area contributed by atoms with Crippen LogP contribution in [0.3, 0.4) is 0 Å². The average molecular weight is 2630 g/mol. The van der Waals surface area contributed by atoms with Crippen LogP contribution in [0.15, 0.2) is 303 Å². The molecule has 140 heavy (non-hydrogen) atoms. The van der Waals surface area contributed by atoms with Crippen molar-refractivity contribution in [2.45, 2.75) is 70.9 Å². The van der Waals surface area contributed by atoms with E-state index in [1.165, 1.54) is 13.0 Å². The van der Waals surface area contributed by atoms with Gasteiger partial charge in [-0.2, -0.15) is 123 Å². The van der Waals surface area contributed by atoms with Gasteiger partial charge >= 0.3 is 43.2 Å². The van der Waals surface area contributed by atoms with E-state index < -0.39 is 98.9 Å². The number of halogens is 21. The van der Waals surface area contributed by atoms with E-state index in [9.17, 15) is 92.2 Å². The van der Waals surface area contributed by atoms with Crippen LogP contribution in [0, 0.1) is 45.9 Å². The first kappa shape index (κ1) is 104. The zero-order valence-electron chi connectivity index (χ0n) is 72.2. The Morgan fingerprint density at radius 2 is 0.507 bits per heavy atom. The molecule has 0 fully saturated rings. The van der Waals surface area contributed by atoms with E-state index in [0.29, 0.717) is 95.0 Å². The van der Waals surface area contributed by atoms with Crippen molar-refractivity contribution in [1.29, 1.82) is 0 Å². The number of hydrogen-bond donors (Lipinski definition) is 0. The second-order valence-corrected chi connectivity index (χ2v) is 31.9.